The monoisotopic (exact) mass is 363 g/mol. The van der Waals surface area contributed by atoms with Gasteiger partial charge in [-0.3, -0.25) is 4.79 Å². The fraction of sp³-hybridized carbons (Fsp3) is 0.300. The normalized spacial score (nSPS) is 12.6. The van der Waals surface area contributed by atoms with Gasteiger partial charge in [0.25, 0.3) is 5.95 Å². The number of aromatic nitrogens is 4. The molecule has 1 aliphatic heterocycles. The van der Waals surface area contributed by atoms with Crippen LogP contribution >= 0.6 is 0 Å². The highest BCUT2D eigenvalue weighted by molar-refractivity contribution is 5.91. The van der Waals surface area contributed by atoms with Crippen LogP contribution < -0.4 is 10.1 Å². The molecule has 138 valence electrons. The predicted octanol–water partition coefficient (Wildman–Crippen LogP) is 2.70. The fourth-order valence-electron chi connectivity index (χ4n) is 3.27. The number of carbonyl (C=O) groups is 1. The molecular weight excluding hydrogens is 342 g/mol. The fourth-order valence-corrected chi connectivity index (χ4v) is 3.27. The number of amides is 1. The molecule has 4 rings (SSSR count). The SMILES string of the molecule is Cc1cc(C)nc(-n2nc(C)cc2NC(=O)Cc2ccc3c(c2)CCO3)n1. The lowest BCUT2D eigenvalue weighted by molar-refractivity contribution is -0.115. The van der Waals surface area contributed by atoms with E-state index in [1.54, 1.807) is 4.68 Å². The van der Waals surface area contributed by atoms with E-state index >= 15 is 0 Å². The number of carbonyl (C=O) groups excluding carboxylic acids is 1. The molecule has 0 aliphatic carbocycles. The van der Waals surface area contributed by atoms with E-state index in [4.69, 9.17) is 4.74 Å². The molecule has 2 aromatic heterocycles. The predicted molar refractivity (Wildman–Crippen MR) is 101 cm³/mol. The topological polar surface area (TPSA) is 81.9 Å². The molecule has 1 aromatic carbocycles. The second-order valence-corrected chi connectivity index (χ2v) is 6.80. The van der Waals surface area contributed by atoms with Gasteiger partial charge < -0.3 is 10.1 Å². The van der Waals surface area contributed by atoms with Gasteiger partial charge in [0.2, 0.25) is 5.91 Å². The van der Waals surface area contributed by atoms with Crippen LogP contribution in [0.25, 0.3) is 5.95 Å². The molecule has 1 aliphatic rings. The van der Waals surface area contributed by atoms with E-state index in [0.717, 1.165) is 40.4 Å². The molecule has 0 bridgehead atoms. The number of anilines is 1. The zero-order valence-corrected chi connectivity index (χ0v) is 15.6. The summed E-state index contributed by atoms with van der Waals surface area (Å²) in [6.07, 6.45) is 1.17. The maximum atomic E-state index is 12.6. The molecule has 7 heteroatoms. The van der Waals surface area contributed by atoms with Crippen LogP contribution in [0.3, 0.4) is 0 Å². The number of hydrogen-bond donors (Lipinski definition) is 1. The van der Waals surface area contributed by atoms with Crippen molar-refractivity contribution in [1.82, 2.24) is 19.7 Å². The molecule has 0 spiro atoms. The second-order valence-electron chi connectivity index (χ2n) is 6.80. The number of fused-ring (bicyclic) bond motifs is 1. The van der Waals surface area contributed by atoms with Gasteiger partial charge in [0.1, 0.15) is 11.6 Å². The quantitative estimate of drug-likeness (QED) is 0.771. The Bertz CT molecular complexity index is 1000. The van der Waals surface area contributed by atoms with Gasteiger partial charge in [0.15, 0.2) is 0 Å². The van der Waals surface area contributed by atoms with Crippen LogP contribution in [0.4, 0.5) is 5.82 Å². The van der Waals surface area contributed by atoms with E-state index in [1.807, 2.05) is 51.1 Å². The summed E-state index contributed by atoms with van der Waals surface area (Å²) in [5, 5.41) is 7.37. The third-order valence-electron chi connectivity index (χ3n) is 4.38. The van der Waals surface area contributed by atoms with Crippen molar-refractivity contribution in [1.29, 1.82) is 0 Å². The van der Waals surface area contributed by atoms with E-state index in [-0.39, 0.29) is 12.3 Å². The summed E-state index contributed by atoms with van der Waals surface area (Å²) in [6.45, 7) is 6.39. The van der Waals surface area contributed by atoms with E-state index in [2.05, 4.69) is 20.4 Å². The third kappa shape index (κ3) is 3.67. The number of ether oxygens (including phenoxy) is 1. The maximum absolute atomic E-state index is 12.6. The van der Waals surface area contributed by atoms with Crippen LogP contribution in [0.2, 0.25) is 0 Å². The molecule has 0 fully saturated rings. The molecule has 3 aromatic rings. The maximum Gasteiger partial charge on any atom is 0.252 e. The summed E-state index contributed by atoms with van der Waals surface area (Å²) in [5.74, 6) is 1.82. The van der Waals surface area contributed by atoms with Crippen molar-refractivity contribution in [3.05, 3.63) is 58.5 Å². The molecule has 1 N–H and O–H groups in total. The Hall–Kier alpha value is -3.22. The number of hydrogen-bond acceptors (Lipinski definition) is 5. The Balaban J connectivity index is 1.55. The van der Waals surface area contributed by atoms with Crippen LogP contribution in [0.1, 0.15) is 28.2 Å². The molecule has 0 unspecified atom stereocenters. The molecule has 3 heterocycles. The number of nitrogens with one attached hydrogen (secondary N) is 1. The molecule has 0 atom stereocenters. The Labute approximate surface area is 157 Å². The van der Waals surface area contributed by atoms with Crippen LogP contribution in [0.15, 0.2) is 30.3 Å². The van der Waals surface area contributed by atoms with Gasteiger partial charge >= 0.3 is 0 Å². The first-order chi connectivity index (χ1) is 13.0. The van der Waals surface area contributed by atoms with E-state index in [1.165, 1.54) is 0 Å². The van der Waals surface area contributed by atoms with E-state index < -0.39 is 0 Å². The summed E-state index contributed by atoms with van der Waals surface area (Å²) in [5.41, 5.74) is 4.60. The largest absolute Gasteiger partial charge is 0.493 e. The van der Waals surface area contributed by atoms with E-state index in [0.29, 0.717) is 18.4 Å². The highest BCUT2D eigenvalue weighted by Gasteiger charge is 2.16. The van der Waals surface area contributed by atoms with Crippen molar-refractivity contribution >= 4 is 11.7 Å². The van der Waals surface area contributed by atoms with Crippen molar-refractivity contribution in [2.24, 2.45) is 0 Å². The van der Waals surface area contributed by atoms with Gasteiger partial charge in [0.05, 0.1) is 18.7 Å². The summed E-state index contributed by atoms with van der Waals surface area (Å²) in [7, 11) is 0. The number of rotatable bonds is 4. The van der Waals surface area contributed by atoms with Crippen molar-refractivity contribution < 1.29 is 9.53 Å². The van der Waals surface area contributed by atoms with Crippen molar-refractivity contribution in [3.8, 4) is 11.7 Å². The minimum atomic E-state index is -0.112. The first-order valence-corrected chi connectivity index (χ1v) is 8.92. The second kappa shape index (κ2) is 6.83. The van der Waals surface area contributed by atoms with Crippen LogP contribution in [-0.2, 0) is 17.6 Å². The molecule has 1 amide bonds. The third-order valence-corrected chi connectivity index (χ3v) is 4.38. The first kappa shape index (κ1) is 17.2. The molecule has 0 saturated heterocycles. The smallest absolute Gasteiger partial charge is 0.252 e. The Morgan fingerprint density at radius 1 is 1.11 bits per heavy atom. The van der Waals surface area contributed by atoms with Crippen LogP contribution in [-0.4, -0.2) is 32.3 Å². The zero-order chi connectivity index (χ0) is 19.0. The summed E-state index contributed by atoms with van der Waals surface area (Å²) < 4.78 is 7.09. The van der Waals surface area contributed by atoms with Gasteiger partial charge in [-0.25, -0.2) is 9.97 Å². The molecule has 0 radical (unpaired) electrons. The number of aryl methyl sites for hydroxylation is 3. The summed E-state index contributed by atoms with van der Waals surface area (Å²) in [6, 6.07) is 9.62. The van der Waals surface area contributed by atoms with Crippen molar-refractivity contribution in [3.63, 3.8) is 0 Å². The van der Waals surface area contributed by atoms with Crippen LogP contribution in [0.5, 0.6) is 5.75 Å². The average Bonchev–Trinajstić information content (AvgIpc) is 3.19. The molecule has 0 saturated carbocycles. The lowest BCUT2D eigenvalue weighted by Crippen LogP contribution is -2.18. The summed E-state index contributed by atoms with van der Waals surface area (Å²) >= 11 is 0. The highest BCUT2D eigenvalue weighted by atomic mass is 16.5. The van der Waals surface area contributed by atoms with Crippen molar-refractivity contribution in [2.75, 3.05) is 11.9 Å². The zero-order valence-electron chi connectivity index (χ0n) is 15.6. The highest BCUT2D eigenvalue weighted by Crippen LogP contribution is 2.26. The number of nitrogens with zero attached hydrogens (tertiary/aromatic N) is 4. The van der Waals surface area contributed by atoms with Gasteiger partial charge in [-0.15, -0.1) is 0 Å². The lowest BCUT2D eigenvalue weighted by Gasteiger charge is -2.09. The van der Waals surface area contributed by atoms with E-state index in [9.17, 15) is 4.79 Å². The van der Waals surface area contributed by atoms with Crippen molar-refractivity contribution in [2.45, 2.75) is 33.6 Å². The Morgan fingerprint density at radius 3 is 2.67 bits per heavy atom. The van der Waals surface area contributed by atoms with Gasteiger partial charge in [-0.2, -0.15) is 9.78 Å². The Morgan fingerprint density at radius 2 is 1.89 bits per heavy atom. The Kier molecular flexibility index (Phi) is 4.35. The first-order valence-electron chi connectivity index (χ1n) is 8.92. The lowest BCUT2D eigenvalue weighted by atomic mass is 10.1. The van der Waals surface area contributed by atoms with Crippen LogP contribution in [0, 0.1) is 20.8 Å². The standard InChI is InChI=1S/C20H21N5O2/c1-12-8-13(2)22-20(21-12)25-18(9-14(3)24-25)23-19(26)11-15-4-5-17-16(10-15)6-7-27-17/h4-5,8-10H,6-7,11H2,1-3H3,(H,23,26). The molecule has 27 heavy (non-hydrogen) atoms. The number of benzene rings is 1. The molecule has 7 nitrogen and oxygen atoms in total. The average molecular weight is 363 g/mol. The van der Waals surface area contributed by atoms with Gasteiger partial charge in [-0.05, 0) is 44.0 Å². The summed E-state index contributed by atoms with van der Waals surface area (Å²) in [4.78, 5) is 21.5. The minimum Gasteiger partial charge on any atom is -0.493 e. The van der Waals surface area contributed by atoms with Gasteiger partial charge in [-0.1, -0.05) is 12.1 Å². The van der Waals surface area contributed by atoms with Gasteiger partial charge in [0, 0.05) is 23.9 Å². The molecular formula is C20H21N5O2. The minimum absolute atomic E-state index is 0.112.